The van der Waals surface area contributed by atoms with E-state index in [9.17, 15) is 4.79 Å². The van der Waals surface area contributed by atoms with Crippen LogP contribution in [0.3, 0.4) is 0 Å². The number of ether oxygens (including phenoxy) is 1. The number of amides is 1. The van der Waals surface area contributed by atoms with Crippen LogP contribution >= 0.6 is 0 Å². The minimum Gasteiger partial charge on any atom is -0.497 e. The molecule has 3 aromatic carbocycles. The van der Waals surface area contributed by atoms with E-state index in [1.54, 1.807) is 13.5 Å². The number of methoxy groups -OCH3 is 1. The average Bonchev–Trinajstić information content (AvgIpc) is 2.96. The van der Waals surface area contributed by atoms with Crippen LogP contribution in [0.4, 0.5) is 5.69 Å². The van der Waals surface area contributed by atoms with Crippen LogP contribution in [0, 0.1) is 6.42 Å². The maximum Gasteiger partial charge on any atom is 0.233 e. The van der Waals surface area contributed by atoms with Crippen molar-refractivity contribution in [3.63, 3.8) is 0 Å². The van der Waals surface area contributed by atoms with Crippen LogP contribution in [0.1, 0.15) is 5.56 Å². The number of carbonyl (C=O) groups is 1. The second-order valence-electron chi connectivity index (χ2n) is 6.27. The van der Waals surface area contributed by atoms with Gasteiger partial charge in [0.05, 0.1) is 13.5 Å². The number of nitrogens with one attached hydrogen (secondary N) is 1. The van der Waals surface area contributed by atoms with Crippen molar-refractivity contribution < 1.29 is 9.53 Å². The fourth-order valence-corrected chi connectivity index (χ4v) is 3.23. The highest BCUT2D eigenvalue weighted by molar-refractivity contribution is 6.04. The van der Waals surface area contributed by atoms with Crippen LogP contribution < -0.4 is 10.1 Å². The molecule has 0 aliphatic rings. The lowest BCUT2D eigenvalue weighted by Gasteiger charge is -2.06. The van der Waals surface area contributed by atoms with Crippen molar-refractivity contribution in [2.24, 2.45) is 7.05 Å². The second kappa shape index (κ2) is 6.56. The molecule has 129 valence electrons. The number of carbonyl (C=O) groups excluding carboxylic acids is 1. The lowest BCUT2D eigenvalue weighted by Crippen LogP contribution is -2.12. The number of hydrogen-bond donors (Lipinski definition) is 1. The van der Waals surface area contributed by atoms with E-state index in [0.29, 0.717) is 0 Å². The molecule has 4 aromatic rings. The zero-order valence-electron chi connectivity index (χ0n) is 14.7. The molecule has 0 saturated heterocycles. The molecule has 0 unspecified atom stereocenters. The summed E-state index contributed by atoms with van der Waals surface area (Å²) in [4.78, 5) is 12.5. The van der Waals surface area contributed by atoms with Gasteiger partial charge >= 0.3 is 0 Å². The molecule has 0 saturated carbocycles. The summed E-state index contributed by atoms with van der Waals surface area (Å²) in [5, 5.41) is 6.18. The van der Waals surface area contributed by atoms with Crippen LogP contribution in [-0.4, -0.2) is 17.6 Å². The van der Waals surface area contributed by atoms with E-state index in [0.717, 1.165) is 38.7 Å². The number of benzene rings is 3. The van der Waals surface area contributed by atoms with Gasteiger partial charge in [0.15, 0.2) is 0 Å². The van der Waals surface area contributed by atoms with E-state index < -0.39 is 0 Å². The smallest absolute Gasteiger partial charge is 0.233 e. The molecule has 0 spiro atoms. The third-order valence-electron chi connectivity index (χ3n) is 4.53. The summed E-state index contributed by atoms with van der Waals surface area (Å²) >= 11 is 0. The number of fused-ring (bicyclic) bond motifs is 2. The molecule has 1 amide bonds. The van der Waals surface area contributed by atoms with E-state index >= 15 is 0 Å². The lowest BCUT2D eigenvalue weighted by atomic mass is 10.1. The maximum absolute atomic E-state index is 12.5. The average molecular weight is 343 g/mol. The Labute approximate surface area is 152 Å². The monoisotopic (exact) mass is 343 g/mol. The topological polar surface area (TPSA) is 43.3 Å². The van der Waals surface area contributed by atoms with Gasteiger partial charge in [-0.1, -0.05) is 30.3 Å². The number of nitrogens with zero attached hydrogens (tertiary/aromatic N) is 1. The van der Waals surface area contributed by atoms with E-state index in [1.807, 2.05) is 72.4 Å². The molecule has 0 fully saturated rings. The molecule has 4 nitrogen and oxygen atoms in total. The Morgan fingerprint density at radius 1 is 1.04 bits per heavy atom. The van der Waals surface area contributed by atoms with Crippen molar-refractivity contribution in [2.75, 3.05) is 12.4 Å². The summed E-state index contributed by atoms with van der Waals surface area (Å²) in [6.45, 7) is 0. The third kappa shape index (κ3) is 3.02. The molecule has 0 atom stereocenters. The molecule has 26 heavy (non-hydrogen) atoms. The number of aryl methyl sites for hydroxylation is 1. The molecule has 0 aliphatic heterocycles. The van der Waals surface area contributed by atoms with Crippen molar-refractivity contribution in [1.29, 1.82) is 0 Å². The Hall–Kier alpha value is -3.27. The fraction of sp³-hybridized carbons (Fsp3) is 0.0909. The normalized spacial score (nSPS) is 11.0. The van der Waals surface area contributed by atoms with Crippen molar-refractivity contribution in [1.82, 2.24) is 4.57 Å². The van der Waals surface area contributed by atoms with E-state index in [4.69, 9.17) is 4.74 Å². The number of hydrogen-bond acceptors (Lipinski definition) is 2. The number of anilines is 1. The third-order valence-corrected chi connectivity index (χ3v) is 4.53. The van der Waals surface area contributed by atoms with Gasteiger partial charge in [-0.05, 0) is 46.7 Å². The predicted molar refractivity (Wildman–Crippen MR) is 105 cm³/mol. The van der Waals surface area contributed by atoms with E-state index in [2.05, 4.69) is 11.4 Å². The highest BCUT2D eigenvalue weighted by atomic mass is 16.5. The summed E-state index contributed by atoms with van der Waals surface area (Å²) in [7, 11) is 3.60. The van der Waals surface area contributed by atoms with Crippen LogP contribution in [0.2, 0.25) is 0 Å². The second-order valence-corrected chi connectivity index (χ2v) is 6.27. The quantitative estimate of drug-likeness (QED) is 0.591. The van der Waals surface area contributed by atoms with Gasteiger partial charge in [0, 0.05) is 29.8 Å². The first-order chi connectivity index (χ1) is 12.6. The largest absolute Gasteiger partial charge is 0.497 e. The molecule has 1 N–H and O–H groups in total. The van der Waals surface area contributed by atoms with Gasteiger partial charge in [-0.2, -0.15) is 0 Å². The van der Waals surface area contributed by atoms with Crippen LogP contribution in [0.5, 0.6) is 5.75 Å². The highest BCUT2D eigenvalue weighted by Crippen LogP contribution is 2.27. The summed E-state index contributed by atoms with van der Waals surface area (Å²) in [6.07, 6.45) is 3.57. The van der Waals surface area contributed by atoms with E-state index in [-0.39, 0.29) is 5.91 Å². The Bertz CT molecular complexity index is 1110. The first kappa shape index (κ1) is 16.2. The standard InChI is InChI=1S/C22H19N2O2/c1-24-14-17(20-13-19(26-2)9-10-21(20)24)12-22(25)23-18-8-7-15-5-3-4-6-16(15)11-18/h3-14H,1-2H3,(H,23,25). The maximum atomic E-state index is 12.5. The molecule has 1 aromatic heterocycles. The summed E-state index contributed by atoms with van der Waals surface area (Å²) in [6, 6.07) is 19.8. The van der Waals surface area contributed by atoms with Gasteiger partial charge in [0.25, 0.3) is 0 Å². The van der Waals surface area contributed by atoms with Crippen LogP contribution in [0.15, 0.2) is 66.9 Å². The Balaban J connectivity index is 1.58. The molecule has 4 rings (SSSR count). The zero-order chi connectivity index (χ0) is 18.1. The van der Waals surface area contributed by atoms with Crippen LogP contribution in [0.25, 0.3) is 21.7 Å². The molecular weight excluding hydrogens is 324 g/mol. The highest BCUT2D eigenvalue weighted by Gasteiger charge is 2.12. The predicted octanol–water partition coefficient (Wildman–Crippen LogP) is 4.53. The lowest BCUT2D eigenvalue weighted by molar-refractivity contribution is -0.112. The van der Waals surface area contributed by atoms with Crippen molar-refractivity contribution in [3.8, 4) is 5.75 Å². The van der Waals surface area contributed by atoms with Gasteiger partial charge in [-0.15, -0.1) is 0 Å². The summed E-state index contributed by atoms with van der Waals surface area (Å²) in [5.41, 5.74) is 2.69. The first-order valence-corrected chi connectivity index (χ1v) is 8.41. The SMILES string of the molecule is COc1ccc2c(c1)c([CH]C(=O)Nc1ccc3ccccc3c1)cn2C. The zero-order valence-corrected chi connectivity index (χ0v) is 14.7. The summed E-state index contributed by atoms with van der Waals surface area (Å²) < 4.78 is 7.31. The number of rotatable bonds is 4. The molecule has 4 heteroatoms. The first-order valence-electron chi connectivity index (χ1n) is 8.41. The van der Waals surface area contributed by atoms with Crippen molar-refractivity contribution >= 4 is 33.3 Å². The Morgan fingerprint density at radius 3 is 2.65 bits per heavy atom. The number of aromatic nitrogens is 1. The van der Waals surface area contributed by atoms with Gasteiger partial charge in [-0.3, -0.25) is 4.79 Å². The van der Waals surface area contributed by atoms with E-state index in [1.165, 1.54) is 0 Å². The summed E-state index contributed by atoms with van der Waals surface area (Å²) in [5.74, 6) is 0.615. The molecular formula is C22H19N2O2. The van der Waals surface area contributed by atoms with Gasteiger partial charge in [0.1, 0.15) is 5.75 Å². The van der Waals surface area contributed by atoms with Crippen molar-refractivity contribution in [2.45, 2.75) is 0 Å². The minimum atomic E-state index is -0.157. The van der Waals surface area contributed by atoms with Crippen molar-refractivity contribution in [3.05, 3.63) is 78.8 Å². The minimum absolute atomic E-state index is 0.157. The van der Waals surface area contributed by atoms with Crippen LogP contribution in [-0.2, 0) is 11.8 Å². The Morgan fingerprint density at radius 2 is 1.85 bits per heavy atom. The van der Waals surface area contributed by atoms with Gasteiger partial charge < -0.3 is 14.6 Å². The van der Waals surface area contributed by atoms with Gasteiger partial charge in [-0.25, -0.2) is 0 Å². The fourth-order valence-electron chi connectivity index (χ4n) is 3.23. The molecule has 1 radical (unpaired) electrons. The van der Waals surface area contributed by atoms with Gasteiger partial charge in [0.2, 0.25) is 5.91 Å². The molecule has 1 heterocycles. The molecule has 0 bridgehead atoms. The Kier molecular flexibility index (Phi) is 4.09. The molecule has 0 aliphatic carbocycles.